The van der Waals surface area contributed by atoms with Crippen LogP contribution in [0.15, 0.2) is 10.6 Å². The third kappa shape index (κ3) is 3.08. The van der Waals surface area contributed by atoms with E-state index in [0.717, 1.165) is 22.7 Å². The van der Waals surface area contributed by atoms with E-state index < -0.39 is 0 Å². The van der Waals surface area contributed by atoms with E-state index in [4.69, 9.17) is 15.0 Å². The molecule has 0 unspecified atom stereocenters. The summed E-state index contributed by atoms with van der Waals surface area (Å²) in [6.45, 7) is 4.33. The highest BCUT2D eigenvalue weighted by molar-refractivity contribution is 5.28. The van der Waals surface area contributed by atoms with Gasteiger partial charge in [-0.15, -0.1) is 0 Å². The number of aryl methyl sites for hydroxylation is 2. The first-order chi connectivity index (χ1) is 9.13. The van der Waals surface area contributed by atoms with E-state index in [1.54, 1.807) is 7.11 Å². The van der Waals surface area contributed by atoms with Crippen LogP contribution in [0.3, 0.4) is 0 Å². The number of methoxy groups -OCH3 is 1. The normalized spacial score (nSPS) is 10.7. The van der Waals surface area contributed by atoms with Gasteiger partial charge in [-0.2, -0.15) is 4.98 Å². The lowest BCUT2D eigenvalue weighted by Gasteiger charge is -2.06. The topological polar surface area (TPSA) is 87.1 Å². The van der Waals surface area contributed by atoms with Gasteiger partial charge in [-0.3, -0.25) is 0 Å². The van der Waals surface area contributed by atoms with Crippen LogP contribution in [0.5, 0.6) is 5.88 Å². The lowest BCUT2D eigenvalue weighted by atomic mass is 10.1. The summed E-state index contributed by atoms with van der Waals surface area (Å²) in [7, 11) is 1.59. The van der Waals surface area contributed by atoms with E-state index in [9.17, 15) is 0 Å². The van der Waals surface area contributed by atoms with Gasteiger partial charge in [0.15, 0.2) is 0 Å². The van der Waals surface area contributed by atoms with Crippen LogP contribution >= 0.6 is 0 Å². The molecule has 2 rings (SSSR count). The Bertz CT molecular complexity index is 546. The summed E-state index contributed by atoms with van der Waals surface area (Å²) in [5.41, 5.74) is 8.36. The minimum absolute atomic E-state index is 0.512. The Kier molecular flexibility index (Phi) is 4.11. The number of nitrogens with zero attached hydrogens (tertiary/aromatic N) is 3. The average molecular weight is 262 g/mol. The van der Waals surface area contributed by atoms with Gasteiger partial charge in [0.1, 0.15) is 11.6 Å². The fraction of sp³-hybridized carbons (Fsp3) is 0.462. The second kappa shape index (κ2) is 5.79. The lowest BCUT2D eigenvalue weighted by Crippen LogP contribution is -2.09. The zero-order valence-corrected chi connectivity index (χ0v) is 11.4. The van der Waals surface area contributed by atoms with Gasteiger partial charge in [0.05, 0.1) is 18.5 Å². The summed E-state index contributed by atoms with van der Waals surface area (Å²) < 4.78 is 10.3. The van der Waals surface area contributed by atoms with E-state index >= 15 is 0 Å². The molecule has 0 atom stereocenters. The zero-order chi connectivity index (χ0) is 13.8. The van der Waals surface area contributed by atoms with Crippen LogP contribution in [0.2, 0.25) is 0 Å². The maximum absolute atomic E-state index is 5.54. The molecule has 0 aliphatic carbocycles. The molecule has 0 radical (unpaired) electrons. The predicted octanol–water partition coefficient (Wildman–Crippen LogP) is 1.18. The van der Waals surface area contributed by atoms with Crippen LogP contribution in [-0.4, -0.2) is 28.8 Å². The fourth-order valence-electron chi connectivity index (χ4n) is 1.90. The first kappa shape index (κ1) is 13.5. The molecular weight excluding hydrogens is 244 g/mol. The van der Waals surface area contributed by atoms with E-state index in [1.807, 2.05) is 19.9 Å². The van der Waals surface area contributed by atoms with Crippen LogP contribution in [0.25, 0.3) is 0 Å². The highest BCUT2D eigenvalue weighted by Gasteiger charge is 2.12. The number of hydrogen-bond acceptors (Lipinski definition) is 6. The Balaban J connectivity index is 2.31. The SMILES string of the molecule is COc1cc(Cc2c(C)noc2C)nc(CCN)n1. The van der Waals surface area contributed by atoms with Gasteiger partial charge in [0, 0.05) is 24.5 Å². The first-order valence-corrected chi connectivity index (χ1v) is 6.16. The highest BCUT2D eigenvalue weighted by Crippen LogP contribution is 2.18. The molecule has 6 heteroatoms. The van der Waals surface area contributed by atoms with Crippen molar-refractivity contribution in [3.05, 3.63) is 34.6 Å². The van der Waals surface area contributed by atoms with Crippen LogP contribution in [0.1, 0.15) is 28.5 Å². The van der Waals surface area contributed by atoms with Crippen molar-refractivity contribution in [1.82, 2.24) is 15.1 Å². The Morgan fingerprint density at radius 1 is 1.32 bits per heavy atom. The zero-order valence-electron chi connectivity index (χ0n) is 11.4. The van der Waals surface area contributed by atoms with Gasteiger partial charge in [0.2, 0.25) is 5.88 Å². The Morgan fingerprint density at radius 2 is 2.11 bits per heavy atom. The molecule has 0 saturated carbocycles. The molecule has 2 heterocycles. The van der Waals surface area contributed by atoms with Gasteiger partial charge in [-0.05, 0) is 20.4 Å². The van der Waals surface area contributed by atoms with E-state index in [0.29, 0.717) is 31.1 Å². The van der Waals surface area contributed by atoms with Crippen LogP contribution in [0, 0.1) is 13.8 Å². The molecule has 0 saturated heterocycles. The molecule has 0 aliphatic heterocycles. The van der Waals surface area contributed by atoms with Crippen molar-refractivity contribution in [2.75, 3.05) is 13.7 Å². The monoisotopic (exact) mass is 262 g/mol. The van der Waals surface area contributed by atoms with Gasteiger partial charge >= 0.3 is 0 Å². The Hall–Kier alpha value is -1.95. The van der Waals surface area contributed by atoms with Crippen LogP contribution in [0.4, 0.5) is 0 Å². The van der Waals surface area contributed by atoms with Crippen LogP contribution in [-0.2, 0) is 12.8 Å². The quantitative estimate of drug-likeness (QED) is 0.870. The van der Waals surface area contributed by atoms with Crippen molar-refractivity contribution < 1.29 is 9.26 Å². The molecule has 19 heavy (non-hydrogen) atoms. The Morgan fingerprint density at radius 3 is 2.68 bits per heavy atom. The molecule has 102 valence electrons. The summed E-state index contributed by atoms with van der Waals surface area (Å²) in [5.74, 6) is 2.07. The van der Waals surface area contributed by atoms with Crippen molar-refractivity contribution in [2.24, 2.45) is 5.73 Å². The smallest absolute Gasteiger partial charge is 0.216 e. The number of hydrogen-bond donors (Lipinski definition) is 1. The van der Waals surface area contributed by atoms with Gasteiger partial charge in [0.25, 0.3) is 0 Å². The van der Waals surface area contributed by atoms with Crippen molar-refractivity contribution in [1.29, 1.82) is 0 Å². The van der Waals surface area contributed by atoms with Crippen molar-refractivity contribution in [2.45, 2.75) is 26.7 Å². The molecule has 0 aliphatic rings. The summed E-state index contributed by atoms with van der Waals surface area (Å²) in [4.78, 5) is 8.75. The minimum Gasteiger partial charge on any atom is -0.481 e. The molecule has 0 amide bonds. The van der Waals surface area contributed by atoms with Crippen molar-refractivity contribution >= 4 is 0 Å². The molecule has 2 aromatic rings. The molecule has 0 fully saturated rings. The predicted molar refractivity (Wildman–Crippen MR) is 70.1 cm³/mol. The second-order valence-corrected chi connectivity index (χ2v) is 4.34. The minimum atomic E-state index is 0.512. The average Bonchev–Trinajstić information content (AvgIpc) is 2.71. The number of rotatable bonds is 5. The standard InChI is InChI=1S/C13H18N4O2/c1-8-11(9(2)19-17-8)6-10-7-13(18-3)16-12(15-10)4-5-14/h7H,4-6,14H2,1-3H3. The third-order valence-electron chi connectivity index (χ3n) is 2.92. The Labute approximate surface area is 112 Å². The molecule has 0 aromatic carbocycles. The molecule has 0 spiro atoms. The van der Waals surface area contributed by atoms with Crippen molar-refractivity contribution in [3.8, 4) is 5.88 Å². The lowest BCUT2D eigenvalue weighted by molar-refractivity contribution is 0.391. The summed E-state index contributed by atoms with van der Waals surface area (Å²) in [6, 6.07) is 1.83. The highest BCUT2D eigenvalue weighted by atomic mass is 16.5. The number of nitrogens with two attached hydrogens (primary N) is 1. The molecule has 0 bridgehead atoms. The van der Waals surface area contributed by atoms with Gasteiger partial charge in [-0.25, -0.2) is 4.98 Å². The largest absolute Gasteiger partial charge is 0.481 e. The maximum atomic E-state index is 5.54. The van der Waals surface area contributed by atoms with Crippen LogP contribution < -0.4 is 10.5 Å². The molecular formula is C13H18N4O2. The molecule has 6 nitrogen and oxygen atoms in total. The van der Waals surface area contributed by atoms with Crippen molar-refractivity contribution in [3.63, 3.8) is 0 Å². The second-order valence-electron chi connectivity index (χ2n) is 4.34. The molecule has 2 aromatic heterocycles. The summed E-state index contributed by atoms with van der Waals surface area (Å²) >= 11 is 0. The summed E-state index contributed by atoms with van der Waals surface area (Å²) in [6.07, 6.45) is 1.28. The maximum Gasteiger partial charge on any atom is 0.216 e. The summed E-state index contributed by atoms with van der Waals surface area (Å²) in [5, 5.41) is 3.94. The third-order valence-corrected chi connectivity index (χ3v) is 2.92. The molecule has 2 N–H and O–H groups in total. The number of aromatic nitrogens is 3. The van der Waals surface area contributed by atoms with Gasteiger partial charge in [-0.1, -0.05) is 5.16 Å². The van der Waals surface area contributed by atoms with E-state index in [1.165, 1.54) is 0 Å². The fourth-order valence-corrected chi connectivity index (χ4v) is 1.90. The van der Waals surface area contributed by atoms with Gasteiger partial charge < -0.3 is 15.0 Å². The van der Waals surface area contributed by atoms with E-state index in [2.05, 4.69) is 15.1 Å². The first-order valence-electron chi connectivity index (χ1n) is 6.16. The number of ether oxygens (including phenoxy) is 1. The van der Waals surface area contributed by atoms with E-state index in [-0.39, 0.29) is 0 Å².